The molecule has 0 spiro atoms. The summed E-state index contributed by atoms with van der Waals surface area (Å²) >= 11 is 0. The fourth-order valence-corrected chi connectivity index (χ4v) is 2.49. The van der Waals surface area contributed by atoms with E-state index in [4.69, 9.17) is 0 Å². The second-order valence-corrected chi connectivity index (χ2v) is 5.69. The molecular formula is C15H22N2O. The minimum absolute atomic E-state index is 0.120. The van der Waals surface area contributed by atoms with Crippen LogP contribution in [0.25, 0.3) is 0 Å². The molecule has 2 rings (SSSR count). The normalized spacial score (nSPS) is 18.8. The van der Waals surface area contributed by atoms with Gasteiger partial charge in [-0.25, -0.2) is 0 Å². The Morgan fingerprint density at radius 2 is 2.06 bits per heavy atom. The number of hydrogen-bond acceptors (Lipinski definition) is 2. The molecular weight excluding hydrogens is 224 g/mol. The van der Waals surface area contributed by atoms with Gasteiger partial charge in [-0.3, -0.25) is 4.79 Å². The van der Waals surface area contributed by atoms with E-state index in [-0.39, 0.29) is 11.4 Å². The number of rotatable bonds is 1. The van der Waals surface area contributed by atoms with Crippen LogP contribution in [0.3, 0.4) is 0 Å². The first-order chi connectivity index (χ1) is 8.43. The van der Waals surface area contributed by atoms with Crippen LogP contribution >= 0.6 is 0 Å². The van der Waals surface area contributed by atoms with Crippen LogP contribution in [-0.4, -0.2) is 36.0 Å². The number of carbonyl (C=O) groups is 1. The largest absolute Gasteiger partial charge is 0.331 e. The molecule has 1 aliphatic rings. The van der Waals surface area contributed by atoms with Crippen molar-refractivity contribution in [3.8, 4) is 0 Å². The van der Waals surface area contributed by atoms with Gasteiger partial charge in [0, 0.05) is 25.2 Å². The van der Waals surface area contributed by atoms with Crippen LogP contribution in [0.4, 0.5) is 0 Å². The Balaban J connectivity index is 2.33. The highest BCUT2D eigenvalue weighted by Crippen LogP contribution is 2.22. The van der Waals surface area contributed by atoms with Gasteiger partial charge in [-0.1, -0.05) is 12.1 Å². The van der Waals surface area contributed by atoms with Gasteiger partial charge in [0.25, 0.3) is 5.91 Å². The predicted octanol–water partition coefficient (Wildman–Crippen LogP) is 2.13. The van der Waals surface area contributed by atoms with Gasteiger partial charge >= 0.3 is 0 Å². The second kappa shape index (κ2) is 4.73. The number of benzene rings is 1. The zero-order valence-corrected chi connectivity index (χ0v) is 11.7. The fraction of sp³-hybridized carbons (Fsp3) is 0.533. The summed E-state index contributed by atoms with van der Waals surface area (Å²) in [7, 11) is 0. The van der Waals surface area contributed by atoms with Crippen molar-refractivity contribution in [2.75, 3.05) is 19.6 Å². The third-order valence-corrected chi connectivity index (χ3v) is 3.88. The molecule has 0 aliphatic carbocycles. The summed E-state index contributed by atoms with van der Waals surface area (Å²) < 4.78 is 0. The van der Waals surface area contributed by atoms with E-state index in [0.29, 0.717) is 0 Å². The molecule has 3 nitrogen and oxygen atoms in total. The smallest absolute Gasteiger partial charge is 0.254 e. The summed E-state index contributed by atoms with van der Waals surface area (Å²) in [6, 6.07) is 5.95. The third-order valence-electron chi connectivity index (χ3n) is 3.88. The molecule has 0 unspecified atom stereocenters. The molecule has 18 heavy (non-hydrogen) atoms. The summed E-state index contributed by atoms with van der Waals surface area (Å²) in [5.74, 6) is 0.155. The van der Waals surface area contributed by atoms with Crippen molar-refractivity contribution < 1.29 is 4.79 Å². The highest BCUT2D eigenvalue weighted by molar-refractivity contribution is 5.96. The van der Waals surface area contributed by atoms with Gasteiger partial charge < -0.3 is 10.2 Å². The summed E-state index contributed by atoms with van der Waals surface area (Å²) in [6.07, 6.45) is 0. The number of amides is 1. The molecule has 3 heteroatoms. The topological polar surface area (TPSA) is 32.3 Å². The maximum atomic E-state index is 12.7. The van der Waals surface area contributed by atoms with Gasteiger partial charge in [-0.2, -0.15) is 0 Å². The molecule has 0 aromatic heterocycles. The molecule has 1 saturated heterocycles. The maximum Gasteiger partial charge on any atom is 0.254 e. The molecule has 1 aromatic rings. The van der Waals surface area contributed by atoms with Crippen molar-refractivity contribution in [1.29, 1.82) is 0 Å². The first-order valence-electron chi connectivity index (χ1n) is 6.52. The molecule has 0 radical (unpaired) electrons. The van der Waals surface area contributed by atoms with E-state index in [1.807, 2.05) is 24.0 Å². The third kappa shape index (κ3) is 2.27. The number of nitrogens with zero attached hydrogens (tertiary/aromatic N) is 1. The van der Waals surface area contributed by atoms with Gasteiger partial charge in [0.15, 0.2) is 0 Å². The van der Waals surface area contributed by atoms with Crippen LogP contribution in [0, 0.1) is 13.8 Å². The van der Waals surface area contributed by atoms with Crippen LogP contribution < -0.4 is 5.32 Å². The lowest BCUT2D eigenvalue weighted by molar-refractivity contribution is 0.0476. The molecule has 1 N–H and O–H groups in total. The zero-order valence-electron chi connectivity index (χ0n) is 11.7. The van der Waals surface area contributed by atoms with E-state index in [9.17, 15) is 4.79 Å². The molecule has 0 atom stereocenters. The Hall–Kier alpha value is -1.35. The number of aryl methyl sites for hydroxylation is 1. The highest BCUT2D eigenvalue weighted by Gasteiger charge is 2.34. The van der Waals surface area contributed by atoms with Crippen molar-refractivity contribution >= 4 is 5.91 Å². The number of carbonyl (C=O) groups excluding carboxylic acids is 1. The lowest BCUT2D eigenvalue weighted by Crippen LogP contribution is -2.59. The number of piperazine rings is 1. The van der Waals surface area contributed by atoms with E-state index >= 15 is 0 Å². The molecule has 1 amide bonds. The Morgan fingerprint density at radius 3 is 2.72 bits per heavy atom. The van der Waals surface area contributed by atoms with Gasteiger partial charge in [0.2, 0.25) is 0 Å². The lowest BCUT2D eigenvalue weighted by atomic mass is 9.96. The summed E-state index contributed by atoms with van der Waals surface area (Å²) in [5, 5.41) is 3.34. The summed E-state index contributed by atoms with van der Waals surface area (Å²) in [6.45, 7) is 10.8. The SMILES string of the molecule is Cc1cccc(C(=O)N2CCNCC2(C)C)c1C. The quantitative estimate of drug-likeness (QED) is 0.823. The zero-order chi connectivity index (χ0) is 13.3. The van der Waals surface area contributed by atoms with Crippen LogP contribution in [0.5, 0.6) is 0 Å². The second-order valence-electron chi connectivity index (χ2n) is 5.69. The van der Waals surface area contributed by atoms with Gasteiger partial charge in [-0.05, 0) is 44.9 Å². The summed E-state index contributed by atoms with van der Waals surface area (Å²) in [5.41, 5.74) is 2.99. The van der Waals surface area contributed by atoms with Crippen molar-refractivity contribution in [3.05, 3.63) is 34.9 Å². The molecule has 98 valence electrons. The van der Waals surface area contributed by atoms with Crippen LogP contribution in [0.15, 0.2) is 18.2 Å². The Morgan fingerprint density at radius 1 is 1.33 bits per heavy atom. The molecule has 1 aliphatic heterocycles. The summed E-state index contributed by atoms with van der Waals surface area (Å²) in [4.78, 5) is 14.7. The molecule has 1 heterocycles. The van der Waals surface area contributed by atoms with Crippen molar-refractivity contribution in [1.82, 2.24) is 10.2 Å². The average Bonchev–Trinajstić information content (AvgIpc) is 2.31. The molecule has 0 saturated carbocycles. The first-order valence-corrected chi connectivity index (χ1v) is 6.52. The van der Waals surface area contributed by atoms with Gasteiger partial charge in [0.05, 0.1) is 5.54 Å². The Kier molecular flexibility index (Phi) is 3.44. The highest BCUT2D eigenvalue weighted by atomic mass is 16.2. The number of nitrogens with one attached hydrogen (secondary N) is 1. The van der Waals surface area contributed by atoms with E-state index in [2.05, 4.69) is 32.2 Å². The van der Waals surface area contributed by atoms with Crippen molar-refractivity contribution in [2.45, 2.75) is 33.2 Å². The van der Waals surface area contributed by atoms with Crippen LogP contribution in [-0.2, 0) is 0 Å². The monoisotopic (exact) mass is 246 g/mol. The van der Waals surface area contributed by atoms with E-state index in [0.717, 1.165) is 30.8 Å². The maximum absolute atomic E-state index is 12.7. The standard InChI is InChI=1S/C15H22N2O/c1-11-6-5-7-13(12(11)2)14(18)17-9-8-16-10-15(17,3)4/h5-7,16H,8-10H2,1-4H3. The molecule has 1 fully saturated rings. The Bertz CT molecular complexity index is 466. The van der Waals surface area contributed by atoms with Crippen molar-refractivity contribution in [2.24, 2.45) is 0 Å². The van der Waals surface area contributed by atoms with Crippen LogP contribution in [0.1, 0.15) is 35.3 Å². The average molecular weight is 246 g/mol. The van der Waals surface area contributed by atoms with E-state index < -0.39 is 0 Å². The van der Waals surface area contributed by atoms with Crippen molar-refractivity contribution in [3.63, 3.8) is 0 Å². The Labute approximate surface area is 109 Å². The van der Waals surface area contributed by atoms with E-state index in [1.54, 1.807) is 0 Å². The van der Waals surface area contributed by atoms with E-state index in [1.165, 1.54) is 5.56 Å². The lowest BCUT2D eigenvalue weighted by Gasteiger charge is -2.43. The molecule has 1 aromatic carbocycles. The predicted molar refractivity (Wildman–Crippen MR) is 73.9 cm³/mol. The fourth-order valence-electron chi connectivity index (χ4n) is 2.49. The molecule has 0 bridgehead atoms. The van der Waals surface area contributed by atoms with Gasteiger partial charge in [-0.15, -0.1) is 0 Å². The minimum atomic E-state index is -0.120. The van der Waals surface area contributed by atoms with Crippen LogP contribution in [0.2, 0.25) is 0 Å². The van der Waals surface area contributed by atoms with Gasteiger partial charge in [0.1, 0.15) is 0 Å². The first kappa shape index (κ1) is 13.1. The number of hydrogen-bond donors (Lipinski definition) is 1. The minimum Gasteiger partial charge on any atom is -0.331 e.